The fourth-order valence-corrected chi connectivity index (χ4v) is 1.76. The third kappa shape index (κ3) is 9.71. The van der Waals surface area contributed by atoms with Crippen molar-refractivity contribution in [3.05, 3.63) is 0 Å². The summed E-state index contributed by atoms with van der Waals surface area (Å²) in [6, 6.07) is 0. The molecule has 0 saturated carbocycles. The van der Waals surface area contributed by atoms with Gasteiger partial charge >= 0.3 is 0 Å². The quantitative estimate of drug-likeness (QED) is 0.276. The molecule has 0 radical (unpaired) electrons. The molecule has 0 aromatic heterocycles. The molecule has 0 heterocycles. The number of likely N-dealkylation sites (N-methyl/N-ethyl adjacent to an activating group) is 1. The monoisotopic (exact) mass is 238 g/mol. The lowest BCUT2D eigenvalue weighted by Gasteiger charge is -2.29. The Hall–Kier alpha value is -0.590. The van der Waals surface area contributed by atoms with E-state index in [1.807, 2.05) is 14.1 Å². The van der Waals surface area contributed by atoms with Gasteiger partial charge in [-0.3, -0.25) is 4.79 Å². The zero-order valence-corrected chi connectivity index (χ0v) is 10.2. The van der Waals surface area contributed by atoms with Crippen LogP contribution in [0.15, 0.2) is 0 Å². The van der Waals surface area contributed by atoms with Crippen molar-refractivity contribution >= 4 is 22.1 Å². The Morgan fingerprint density at radius 3 is 2.53 bits per heavy atom. The van der Waals surface area contributed by atoms with Crippen LogP contribution < -0.4 is 0 Å². The number of hydrogen-bond acceptors (Lipinski definition) is 3. The molecule has 90 valence electrons. The molecule has 0 bridgehead atoms. The number of rotatable bonds is 8. The highest BCUT2D eigenvalue weighted by Gasteiger charge is 2.15. The topological polar surface area (TPSA) is 63.6 Å². The van der Waals surface area contributed by atoms with E-state index in [2.05, 4.69) is 10.6 Å². The number of carbonyl (C=O) groups excluding carboxylic acids is 1. The molecule has 0 aliphatic carbocycles. The zero-order chi connectivity index (χ0) is 11.9. The predicted molar refractivity (Wildman–Crippen MR) is 61.2 cm³/mol. The molecule has 0 rings (SSSR count). The van der Waals surface area contributed by atoms with E-state index in [0.717, 1.165) is 6.54 Å². The Kier molecular flexibility index (Phi) is 5.85. The summed E-state index contributed by atoms with van der Waals surface area (Å²) in [5, 5.41) is 0. The van der Waals surface area contributed by atoms with E-state index >= 15 is 0 Å². The smallest absolute Gasteiger partial charge is 0.293 e. The number of quaternary nitrogens is 1. The molecule has 0 aromatic rings. The Morgan fingerprint density at radius 1 is 1.47 bits per heavy atom. The number of hydrogen-bond donors (Lipinski definition) is 1. The predicted octanol–water partition coefficient (Wildman–Crippen LogP) is -0.185. The highest BCUT2D eigenvalue weighted by atomic mass is 32.2. The van der Waals surface area contributed by atoms with E-state index in [0.29, 0.717) is 30.5 Å². The maximum absolute atomic E-state index is 10.9. The van der Waals surface area contributed by atoms with E-state index in [4.69, 9.17) is 4.55 Å². The Labute approximate surface area is 91.5 Å². The van der Waals surface area contributed by atoms with Gasteiger partial charge in [-0.25, -0.2) is 4.21 Å². The van der Waals surface area contributed by atoms with Crippen molar-refractivity contribution in [2.75, 3.05) is 39.5 Å². The van der Waals surface area contributed by atoms with Crippen molar-refractivity contribution in [2.24, 2.45) is 0 Å². The summed E-state index contributed by atoms with van der Waals surface area (Å²) in [4.78, 5) is 9.93. The van der Waals surface area contributed by atoms with E-state index in [1.165, 1.54) is 0 Å². The summed E-state index contributed by atoms with van der Waals surface area (Å²) < 4.78 is 25.1. The van der Waals surface area contributed by atoms with Gasteiger partial charge in [0, 0.05) is 12.2 Å². The molecule has 0 spiro atoms. The van der Waals surface area contributed by atoms with Gasteiger partial charge in [0.2, 0.25) is 0 Å². The lowest BCUT2D eigenvalue weighted by Crippen LogP contribution is -2.43. The van der Waals surface area contributed by atoms with Gasteiger partial charge in [0.25, 0.3) is 6.47 Å². The van der Waals surface area contributed by atoms with Crippen LogP contribution in [0.2, 0.25) is 0 Å². The van der Waals surface area contributed by atoms with Crippen molar-refractivity contribution in [1.82, 2.24) is 0 Å². The fraction of sp³-hybridized carbons (Fsp3) is 0.778. The molecular formula is C9H20NO4S+. The first-order chi connectivity index (χ1) is 6.77. The van der Waals surface area contributed by atoms with Gasteiger partial charge in [0.05, 0.1) is 30.4 Å². The molecule has 5 nitrogen and oxygen atoms in total. The number of nitrogens with zero attached hydrogens (tertiary/aromatic N) is 1. The molecule has 1 N–H and O–H groups in total. The van der Waals surface area contributed by atoms with Crippen LogP contribution in [0.4, 0.5) is 0 Å². The average molecular weight is 238 g/mol. The van der Waals surface area contributed by atoms with Crippen LogP contribution in [0.1, 0.15) is 6.42 Å². The van der Waals surface area contributed by atoms with Crippen LogP contribution in [0.25, 0.3) is 0 Å². The molecule has 0 fully saturated rings. The van der Waals surface area contributed by atoms with Crippen molar-refractivity contribution in [3.8, 4) is 0 Å². The van der Waals surface area contributed by atoms with E-state index in [-0.39, 0.29) is 5.75 Å². The Morgan fingerprint density at radius 2 is 2.07 bits per heavy atom. The standard InChI is InChI=1S/C9H19NO4S/c1-10(2,6-7-14-9-11)5-4-8-15(3,12)13/h9H,3-8H2,1-2H3/p+1. The summed E-state index contributed by atoms with van der Waals surface area (Å²) >= 11 is 0. The molecule has 15 heavy (non-hydrogen) atoms. The van der Waals surface area contributed by atoms with Crippen LogP contribution in [-0.4, -0.2) is 65.1 Å². The lowest BCUT2D eigenvalue weighted by molar-refractivity contribution is -0.890. The normalized spacial score (nSPS) is 15.7. The van der Waals surface area contributed by atoms with Gasteiger partial charge in [0.15, 0.2) is 0 Å². The summed E-state index contributed by atoms with van der Waals surface area (Å²) in [6.45, 7) is 2.25. The zero-order valence-electron chi connectivity index (χ0n) is 9.35. The average Bonchev–Trinajstić information content (AvgIpc) is 2.01. The summed E-state index contributed by atoms with van der Waals surface area (Å²) in [6.07, 6.45) is 0.632. The summed E-state index contributed by atoms with van der Waals surface area (Å²) in [5.41, 5.74) is 0. The molecule has 0 amide bonds. The first-order valence-corrected chi connectivity index (χ1v) is 6.57. The fourth-order valence-electron chi connectivity index (χ4n) is 1.18. The second-order valence-electron chi connectivity index (χ2n) is 4.18. The Bertz CT molecular complexity index is 284. The Balaban J connectivity index is 3.78. The van der Waals surface area contributed by atoms with Crippen LogP contribution in [0.3, 0.4) is 0 Å². The van der Waals surface area contributed by atoms with Gasteiger partial charge in [-0.2, -0.15) is 0 Å². The minimum Gasteiger partial charge on any atom is -0.462 e. The van der Waals surface area contributed by atoms with E-state index in [9.17, 15) is 9.00 Å². The first kappa shape index (κ1) is 14.4. The molecule has 0 aliphatic rings. The van der Waals surface area contributed by atoms with Crippen LogP contribution in [0, 0.1) is 0 Å². The van der Waals surface area contributed by atoms with Crippen molar-refractivity contribution in [1.29, 1.82) is 0 Å². The van der Waals surface area contributed by atoms with Gasteiger partial charge in [0.1, 0.15) is 13.2 Å². The van der Waals surface area contributed by atoms with Crippen molar-refractivity contribution < 1.29 is 22.8 Å². The second kappa shape index (κ2) is 6.09. The van der Waals surface area contributed by atoms with Gasteiger partial charge in [-0.1, -0.05) is 0 Å². The number of carbonyl (C=O) groups is 1. The molecule has 0 aliphatic heterocycles. The maximum atomic E-state index is 10.9. The van der Waals surface area contributed by atoms with Crippen molar-refractivity contribution in [3.63, 3.8) is 0 Å². The summed E-state index contributed by atoms with van der Waals surface area (Å²) in [5.74, 6) is 3.38. The van der Waals surface area contributed by atoms with Gasteiger partial charge in [-0.15, -0.1) is 0 Å². The van der Waals surface area contributed by atoms with Gasteiger partial charge < -0.3 is 13.8 Å². The van der Waals surface area contributed by atoms with E-state index < -0.39 is 9.80 Å². The molecular weight excluding hydrogens is 218 g/mol. The number of ether oxygens (including phenoxy) is 1. The summed E-state index contributed by atoms with van der Waals surface area (Å²) in [7, 11) is 1.10. The highest BCUT2D eigenvalue weighted by molar-refractivity contribution is 7.95. The molecule has 6 heteroatoms. The van der Waals surface area contributed by atoms with Crippen LogP contribution in [0.5, 0.6) is 0 Å². The lowest BCUT2D eigenvalue weighted by atomic mass is 10.4. The molecule has 1 unspecified atom stereocenters. The SMILES string of the molecule is C=S(=O)(O)CCC[N+](C)(C)CCOC=O. The second-order valence-corrected chi connectivity index (χ2v) is 6.13. The molecule has 0 aromatic carbocycles. The third-order valence-electron chi connectivity index (χ3n) is 2.11. The van der Waals surface area contributed by atoms with Gasteiger partial charge in [-0.05, 0) is 5.87 Å². The largest absolute Gasteiger partial charge is 0.462 e. The minimum absolute atomic E-state index is 0.212. The maximum Gasteiger partial charge on any atom is 0.293 e. The molecule has 0 saturated heterocycles. The van der Waals surface area contributed by atoms with Crippen LogP contribution >= 0.6 is 0 Å². The third-order valence-corrected chi connectivity index (χ3v) is 3.04. The molecule has 1 atom stereocenters. The first-order valence-electron chi connectivity index (χ1n) is 4.71. The highest BCUT2D eigenvalue weighted by Crippen LogP contribution is 2.00. The van der Waals surface area contributed by atoms with Crippen LogP contribution in [-0.2, 0) is 19.3 Å². The minimum atomic E-state index is -2.87. The van der Waals surface area contributed by atoms with Crippen molar-refractivity contribution in [2.45, 2.75) is 6.42 Å². The van der Waals surface area contributed by atoms with E-state index in [1.54, 1.807) is 0 Å².